The van der Waals surface area contributed by atoms with E-state index in [9.17, 15) is 20.2 Å². The molecule has 0 aliphatic heterocycles. The normalized spacial score (nSPS) is 10.2. The van der Waals surface area contributed by atoms with E-state index in [0.29, 0.717) is 12.2 Å². The van der Waals surface area contributed by atoms with Crippen molar-refractivity contribution in [2.75, 3.05) is 5.32 Å². The standard InChI is InChI=1S/C11H8ClN3O4S/c12-9-4-8(1-2-10(9)14(16)17)13-5-7-3-11(15(18)19)20-6-7/h1-4,6,13H,5H2. The number of hydrogen-bond acceptors (Lipinski definition) is 6. The Kier molecular flexibility index (Phi) is 4.16. The van der Waals surface area contributed by atoms with Crippen molar-refractivity contribution in [1.29, 1.82) is 0 Å². The fourth-order valence-electron chi connectivity index (χ4n) is 1.52. The predicted molar refractivity (Wildman–Crippen MR) is 76.4 cm³/mol. The Bertz CT molecular complexity index is 673. The fraction of sp³-hybridized carbons (Fsp3) is 0.0909. The molecule has 20 heavy (non-hydrogen) atoms. The molecule has 104 valence electrons. The van der Waals surface area contributed by atoms with Gasteiger partial charge in [0, 0.05) is 29.7 Å². The second-order valence-corrected chi connectivity index (χ2v) is 5.12. The summed E-state index contributed by atoms with van der Waals surface area (Å²) >= 11 is 6.83. The summed E-state index contributed by atoms with van der Waals surface area (Å²) in [5, 5.41) is 26.0. The van der Waals surface area contributed by atoms with Gasteiger partial charge >= 0.3 is 5.00 Å². The van der Waals surface area contributed by atoms with Crippen LogP contribution in [0.25, 0.3) is 0 Å². The van der Waals surface area contributed by atoms with Gasteiger partial charge in [-0.25, -0.2) is 0 Å². The molecule has 0 atom stereocenters. The van der Waals surface area contributed by atoms with Gasteiger partial charge in [0.1, 0.15) is 5.02 Å². The molecule has 1 N–H and O–H groups in total. The Labute approximate surface area is 122 Å². The van der Waals surface area contributed by atoms with E-state index < -0.39 is 9.85 Å². The van der Waals surface area contributed by atoms with Crippen molar-refractivity contribution in [1.82, 2.24) is 0 Å². The van der Waals surface area contributed by atoms with E-state index in [1.807, 2.05) is 0 Å². The van der Waals surface area contributed by atoms with E-state index in [2.05, 4.69) is 5.32 Å². The van der Waals surface area contributed by atoms with Gasteiger partial charge in [0.25, 0.3) is 5.69 Å². The van der Waals surface area contributed by atoms with Gasteiger partial charge in [0.15, 0.2) is 0 Å². The van der Waals surface area contributed by atoms with Gasteiger partial charge < -0.3 is 5.32 Å². The molecule has 0 spiro atoms. The summed E-state index contributed by atoms with van der Waals surface area (Å²) in [6, 6.07) is 5.76. The van der Waals surface area contributed by atoms with Crippen molar-refractivity contribution in [3.05, 3.63) is 60.5 Å². The smallest absolute Gasteiger partial charge is 0.324 e. The molecule has 2 aromatic rings. The number of nitro groups is 2. The molecule has 0 amide bonds. The first-order chi connectivity index (χ1) is 9.47. The van der Waals surface area contributed by atoms with E-state index in [4.69, 9.17) is 11.6 Å². The Hall–Kier alpha value is -2.19. The van der Waals surface area contributed by atoms with E-state index in [1.54, 1.807) is 5.38 Å². The molecule has 1 heterocycles. The minimum Gasteiger partial charge on any atom is -0.381 e. The minimum absolute atomic E-state index is 0.0382. The summed E-state index contributed by atoms with van der Waals surface area (Å²) in [6.45, 7) is 0.373. The predicted octanol–water partition coefficient (Wildman–Crippen LogP) is 3.83. The van der Waals surface area contributed by atoms with Crippen molar-refractivity contribution in [3.63, 3.8) is 0 Å². The van der Waals surface area contributed by atoms with Gasteiger partial charge in [0.2, 0.25) is 0 Å². The fourth-order valence-corrected chi connectivity index (χ4v) is 2.50. The average molecular weight is 314 g/mol. The molecule has 0 aliphatic carbocycles. The van der Waals surface area contributed by atoms with Crippen molar-refractivity contribution in [2.24, 2.45) is 0 Å². The molecule has 9 heteroatoms. The van der Waals surface area contributed by atoms with Crippen molar-refractivity contribution < 1.29 is 9.85 Å². The van der Waals surface area contributed by atoms with Crippen LogP contribution < -0.4 is 5.32 Å². The Morgan fingerprint density at radius 1 is 1.20 bits per heavy atom. The largest absolute Gasteiger partial charge is 0.381 e. The van der Waals surface area contributed by atoms with Crippen LogP contribution in [0.1, 0.15) is 5.56 Å². The van der Waals surface area contributed by atoms with Crippen LogP contribution in [0.15, 0.2) is 29.6 Å². The lowest BCUT2D eigenvalue weighted by Crippen LogP contribution is -1.98. The number of benzene rings is 1. The first-order valence-electron chi connectivity index (χ1n) is 5.37. The number of nitrogens with zero attached hydrogens (tertiary/aromatic N) is 2. The zero-order valence-corrected chi connectivity index (χ0v) is 11.5. The minimum atomic E-state index is -0.561. The van der Waals surface area contributed by atoms with Crippen LogP contribution in [0.4, 0.5) is 16.4 Å². The lowest BCUT2D eigenvalue weighted by molar-refractivity contribution is -0.384. The zero-order chi connectivity index (χ0) is 14.7. The van der Waals surface area contributed by atoms with E-state index in [0.717, 1.165) is 16.9 Å². The summed E-state index contributed by atoms with van der Waals surface area (Å²) in [5.41, 5.74) is 1.20. The number of halogens is 1. The van der Waals surface area contributed by atoms with Crippen molar-refractivity contribution in [3.8, 4) is 0 Å². The highest BCUT2D eigenvalue weighted by Crippen LogP contribution is 2.28. The molecule has 0 saturated heterocycles. The highest BCUT2D eigenvalue weighted by Gasteiger charge is 2.13. The van der Waals surface area contributed by atoms with Gasteiger partial charge in [-0.1, -0.05) is 22.9 Å². The number of nitro benzene ring substituents is 1. The molecule has 0 saturated carbocycles. The van der Waals surface area contributed by atoms with Crippen LogP contribution in [-0.4, -0.2) is 9.85 Å². The summed E-state index contributed by atoms with van der Waals surface area (Å²) in [4.78, 5) is 20.2. The van der Waals surface area contributed by atoms with Crippen LogP contribution in [0, 0.1) is 20.2 Å². The molecule has 0 radical (unpaired) electrons. The highest BCUT2D eigenvalue weighted by atomic mass is 35.5. The molecular weight excluding hydrogens is 306 g/mol. The number of hydrogen-bond donors (Lipinski definition) is 1. The Morgan fingerprint density at radius 3 is 2.50 bits per heavy atom. The van der Waals surface area contributed by atoms with Crippen LogP contribution in [-0.2, 0) is 6.54 Å². The van der Waals surface area contributed by atoms with Gasteiger partial charge in [-0.15, -0.1) is 0 Å². The third-order valence-corrected chi connectivity index (χ3v) is 3.69. The molecule has 0 aliphatic rings. The average Bonchev–Trinajstić information content (AvgIpc) is 2.85. The molecular formula is C11H8ClN3O4S. The zero-order valence-electron chi connectivity index (χ0n) is 9.91. The quantitative estimate of drug-likeness (QED) is 0.668. The number of rotatable bonds is 5. The Morgan fingerprint density at radius 2 is 1.95 bits per heavy atom. The van der Waals surface area contributed by atoms with E-state index in [1.165, 1.54) is 24.3 Å². The summed E-state index contributed by atoms with van der Waals surface area (Å²) in [7, 11) is 0. The van der Waals surface area contributed by atoms with Gasteiger partial charge in [0.05, 0.1) is 9.85 Å². The summed E-state index contributed by atoms with van der Waals surface area (Å²) in [6.07, 6.45) is 0. The van der Waals surface area contributed by atoms with Crippen molar-refractivity contribution >= 4 is 39.3 Å². The summed E-state index contributed by atoms with van der Waals surface area (Å²) < 4.78 is 0. The number of nitrogens with one attached hydrogen (secondary N) is 1. The van der Waals surface area contributed by atoms with Crippen LogP contribution in [0.3, 0.4) is 0 Å². The topological polar surface area (TPSA) is 98.3 Å². The third kappa shape index (κ3) is 3.22. The maximum Gasteiger partial charge on any atom is 0.324 e. The van der Waals surface area contributed by atoms with E-state index >= 15 is 0 Å². The molecule has 1 aromatic carbocycles. The first-order valence-corrected chi connectivity index (χ1v) is 6.63. The molecule has 0 fully saturated rings. The second kappa shape index (κ2) is 5.85. The van der Waals surface area contributed by atoms with Crippen LogP contribution >= 0.6 is 22.9 Å². The summed E-state index contributed by atoms with van der Waals surface area (Å²) in [5.74, 6) is 0. The molecule has 2 rings (SSSR count). The monoisotopic (exact) mass is 313 g/mol. The molecule has 0 unspecified atom stereocenters. The van der Waals surface area contributed by atoms with Gasteiger partial charge in [-0.05, 0) is 17.7 Å². The second-order valence-electron chi connectivity index (χ2n) is 3.83. The lowest BCUT2D eigenvalue weighted by atomic mass is 10.2. The number of thiophene rings is 1. The van der Waals surface area contributed by atoms with E-state index in [-0.39, 0.29) is 15.7 Å². The third-order valence-electron chi connectivity index (χ3n) is 2.46. The van der Waals surface area contributed by atoms with Crippen molar-refractivity contribution in [2.45, 2.75) is 6.54 Å². The Balaban J connectivity index is 2.05. The first kappa shape index (κ1) is 14.2. The lowest BCUT2D eigenvalue weighted by Gasteiger charge is -2.05. The maximum absolute atomic E-state index is 10.6. The van der Waals surface area contributed by atoms with Gasteiger partial charge in [-0.3, -0.25) is 20.2 Å². The molecule has 1 aromatic heterocycles. The molecule has 7 nitrogen and oxygen atoms in total. The SMILES string of the molecule is O=[N+]([O-])c1cc(CNc2ccc([N+](=O)[O-])c(Cl)c2)cs1. The molecule has 0 bridgehead atoms. The maximum atomic E-state index is 10.6. The van der Waals surface area contributed by atoms with Crippen LogP contribution in [0.5, 0.6) is 0 Å². The van der Waals surface area contributed by atoms with Crippen LogP contribution in [0.2, 0.25) is 5.02 Å². The number of anilines is 1. The van der Waals surface area contributed by atoms with Gasteiger partial charge in [-0.2, -0.15) is 0 Å². The highest BCUT2D eigenvalue weighted by molar-refractivity contribution is 7.13.